The van der Waals surface area contributed by atoms with Gasteiger partial charge in [0.05, 0.1) is 30.0 Å². The number of piperazine rings is 1. The van der Waals surface area contributed by atoms with Crippen molar-refractivity contribution in [2.24, 2.45) is 5.41 Å². The lowest BCUT2D eigenvalue weighted by Gasteiger charge is -2.41. The molecule has 3 aliphatic rings. The molecular formula is C40H39ClF2N4O2. The highest BCUT2D eigenvalue weighted by atomic mass is 35.5. The van der Waals surface area contributed by atoms with Crippen LogP contribution in [0, 0.1) is 17.0 Å². The molecule has 1 saturated heterocycles. The zero-order chi connectivity index (χ0) is 34.3. The maximum Gasteiger partial charge on any atom is 0.242 e. The normalized spacial score (nSPS) is 19.3. The van der Waals surface area contributed by atoms with Crippen molar-refractivity contribution < 1.29 is 18.4 Å². The molecule has 0 radical (unpaired) electrons. The molecule has 49 heavy (non-hydrogen) atoms. The minimum atomic E-state index is -0.487. The van der Waals surface area contributed by atoms with E-state index in [0.29, 0.717) is 49.6 Å². The van der Waals surface area contributed by atoms with E-state index in [1.807, 2.05) is 53.4 Å². The Bertz CT molecular complexity index is 1840. The fraction of sp³-hybridized carbons (Fsp3) is 0.300. The Hall–Kier alpha value is -4.53. The first-order valence-electron chi connectivity index (χ1n) is 16.7. The number of carbonyl (C=O) groups excluding carboxylic acids is 2. The van der Waals surface area contributed by atoms with Crippen LogP contribution in [-0.4, -0.2) is 54.2 Å². The molecule has 1 aliphatic carbocycles. The number of rotatable bonds is 6. The lowest BCUT2D eigenvalue weighted by Crippen LogP contribution is -2.52. The summed E-state index contributed by atoms with van der Waals surface area (Å²) in [6.07, 6.45) is 1.13. The molecule has 1 N–H and O–H groups in total. The van der Waals surface area contributed by atoms with Crippen molar-refractivity contribution in [3.05, 3.63) is 142 Å². The minimum absolute atomic E-state index is 0.0406. The number of hydrogen-bond donors (Lipinski definition) is 1. The van der Waals surface area contributed by atoms with Crippen LogP contribution >= 0.6 is 11.6 Å². The van der Waals surface area contributed by atoms with Crippen LogP contribution in [0.15, 0.2) is 108 Å². The Morgan fingerprint density at radius 2 is 1.43 bits per heavy atom. The van der Waals surface area contributed by atoms with Crippen molar-refractivity contribution in [1.29, 1.82) is 0 Å². The average molecular weight is 681 g/mol. The van der Waals surface area contributed by atoms with E-state index in [-0.39, 0.29) is 41.3 Å². The Morgan fingerprint density at radius 1 is 0.837 bits per heavy atom. The SMILES string of the molecule is CC1(C)CC(=O)C2=C(C1)Nc1ccccc1N(CC(=O)N1CCN(C(c3ccc(F)cc3)c3ccc(F)cc3)CC1)C2c1ccc(Cl)cc1. The van der Waals surface area contributed by atoms with E-state index in [2.05, 4.69) is 29.0 Å². The van der Waals surface area contributed by atoms with Crippen LogP contribution in [0.1, 0.15) is 55.5 Å². The highest BCUT2D eigenvalue weighted by molar-refractivity contribution is 6.30. The molecule has 1 amide bonds. The molecule has 0 aromatic heterocycles. The van der Waals surface area contributed by atoms with Gasteiger partial charge in [-0.2, -0.15) is 0 Å². The minimum Gasteiger partial charge on any atom is -0.357 e. The number of carbonyl (C=O) groups is 2. The van der Waals surface area contributed by atoms with Crippen molar-refractivity contribution in [2.75, 3.05) is 42.9 Å². The van der Waals surface area contributed by atoms with Crippen LogP contribution in [0.4, 0.5) is 20.2 Å². The van der Waals surface area contributed by atoms with E-state index in [1.54, 1.807) is 24.3 Å². The average Bonchev–Trinajstić information content (AvgIpc) is 3.21. The van der Waals surface area contributed by atoms with Gasteiger partial charge in [0.2, 0.25) is 5.91 Å². The smallest absolute Gasteiger partial charge is 0.242 e. The number of amides is 1. The Morgan fingerprint density at radius 3 is 2.04 bits per heavy atom. The number of halogens is 3. The zero-order valence-corrected chi connectivity index (χ0v) is 28.4. The molecular weight excluding hydrogens is 642 g/mol. The lowest BCUT2D eigenvalue weighted by atomic mass is 9.73. The molecule has 9 heteroatoms. The van der Waals surface area contributed by atoms with Crippen molar-refractivity contribution in [3.63, 3.8) is 0 Å². The van der Waals surface area contributed by atoms with E-state index in [4.69, 9.17) is 11.6 Å². The predicted molar refractivity (Wildman–Crippen MR) is 189 cm³/mol. The van der Waals surface area contributed by atoms with Gasteiger partial charge in [0, 0.05) is 48.9 Å². The van der Waals surface area contributed by atoms with Crippen LogP contribution in [0.2, 0.25) is 5.02 Å². The van der Waals surface area contributed by atoms with Gasteiger partial charge in [-0.25, -0.2) is 8.78 Å². The van der Waals surface area contributed by atoms with Crippen molar-refractivity contribution in [3.8, 4) is 0 Å². The molecule has 7 rings (SSSR count). The van der Waals surface area contributed by atoms with E-state index in [1.165, 1.54) is 24.3 Å². The molecule has 2 heterocycles. The second kappa shape index (κ2) is 13.4. The standard InChI is InChI=1S/C40H39ClF2N4O2/c1-40(2)23-33-37(35(48)24-40)39(28-7-13-29(41)14-8-28)47(34-6-4-3-5-32(34)44-33)25-36(49)45-19-21-46(22-20-45)38(26-9-15-30(42)16-10-26)27-11-17-31(43)18-12-27/h3-18,38-39,44H,19-25H2,1-2H3. The molecule has 4 aromatic rings. The quantitative estimate of drug-likeness (QED) is 0.223. The number of nitrogens with one attached hydrogen (secondary N) is 1. The number of anilines is 2. The molecule has 0 saturated carbocycles. The van der Waals surface area contributed by atoms with Gasteiger partial charge >= 0.3 is 0 Å². The summed E-state index contributed by atoms with van der Waals surface area (Å²) in [7, 11) is 0. The second-order valence-corrected chi connectivity index (χ2v) is 14.4. The summed E-state index contributed by atoms with van der Waals surface area (Å²) < 4.78 is 27.7. The Balaban J connectivity index is 1.18. The van der Waals surface area contributed by atoms with Gasteiger partial charge in [-0.15, -0.1) is 0 Å². The third kappa shape index (κ3) is 6.85. The molecule has 4 aromatic carbocycles. The molecule has 1 atom stereocenters. The number of Topliss-reactive ketones (excluding diaryl/α,β-unsaturated/α-hetero) is 1. The molecule has 0 spiro atoms. The summed E-state index contributed by atoms with van der Waals surface area (Å²) in [6, 6.07) is 27.6. The summed E-state index contributed by atoms with van der Waals surface area (Å²) in [5.41, 5.74) is 5.78. The predicted octanol–water partition coefficient (Wildman–Crippen LogP) is 8.17. The van der Waals surface area contributed by atoms with Gasteiger partial charge in [0.15, 0.2) is 5.78 Å². The number of nitrogens with zero attached hydrogens (tertiary/aromatic N) is 3. The van der Waals surface area contributed by atoms with Gasteiger partial charge < -0.3 is 15.1 Å². The van der Waals surface area contributed by atoms with Crippen molar-refractivity contribution >= 4 is 34.7 Å². The van der Waals surface area contributed by atoms with Gasteiger partial charge in [-0.1, -0.05) is 74.0 Å². The Labute approximate surface area is 291 Å². The number of fused-ring (bicyclic) bond motifs is 1. The maximum absolute atomic E-state index is 14.3. The molecule has 2 aliphatic heterocycles. The molecule has 0 bridgehead atoms. The maximum atomic E-state index is 14.3. The van der Waals surface area contributed by atoms with Crippen LogP contribution in [0.3, 0.4) is 0 Å². The van der Waals surface area contributed by atoms with Crippen molar-refractivity contribution in [1.82, 2.24) is 9.80 Å². The van der Waals surface area contributed by atoms with E-state index in [0.717, 1.165) is 33.8 Å². The third-order valence-electron chi connectivity index (χ3n) is 9.90. The fourth-order valence-corrected chi connectivity index (χ4v) is 7.72. The third-order valence-corrected chi connectivity index (χ3v) is 10.2. The van der Waals surface area contributed by atoms with Gasteiger partial charge in [0.1, 0.15) is 11.6 Å². The first-order chi connectivity index (χ1) is 23.6. The topological polar surface area (TPSA) is 55.9 Å². The summed E-state index contributed by atoms with van der Waals surface area (Å²) in [5, 5.41) is 4.21. The highest BCUT2D eigenvalue weighted by Gasteiger charge is 2.42. The van der Waals surface area contributed by atoms with Crippen LogP contribution in [0.5, 0.6) is 0 Å². The molecule has 1 unspecified atom stereocenters. The van der Waals surface area contributed by atoms with E-state index in [9.17, 15) is 18.4 Å². The number of para-hydroxylation sites is 2. The molecule has 1 fully saturated rings. The number of ketones is 1. The lowest BCUT2D eigenvalue weighted by molar-refractivity contribution is -0.131. The van der Waals surface area contributed by atoms with Crippen molar-refractivity contribution in [2.45, 2.75) is 38.8 Å². The van der Waals surface area contributed by atoms with Gasteiger partial charge in [0.25, 0.3) is 0 Å². The fourth-order valence-electron chi connectivity index (χ4n) is 7.60. The monoisotopic (exact) mass is 680 g/mol. The van der Waals surface area contributed by atoms with Crippen LogP contribution in [-0.2, 0) is 9.59 Å². The Kier molecular flexibility index (Phi) is 9.03. The number of hydrogen-bond acceptors (Lipinski definition) is 5. The first kappa shape index (κ1) is 33.0. The van der Waals surface area contributed by atoms with E-state index < -0.39 is 6.04 Å². The zero-order valence-electron chi connectivity index (χ0n) is 27.6. The van der Waals surface area contributed by atoms with Crippen LogP contribution < -0.4 is 10.2 Å². The molecule has 6 nitrogen and oxygen atoms in total. The summed E-state index contributed by atoms with van der Waals surface area (Å²) in [4.78, 5) is 34.5. The number of allylic oxidation sites excluding steroid dienone is 1. The van der Waals surface area contributed by atoms with E-state index >= 15 is 0 Å². The largest absolute Gasteiger partial charge is 0.357 e. The second-order valence-electron chi connectivity index (χ2n) is 14.0. The first-order valence-corrected chi connectivity index (χ1v) is 17.1. The van der Waals surface area contributed by atoms with Crippen LogP contribution in [0.25, 0.3) is 0 Å². The highest BCUT2D eigenvalue weighted by Crippen LogP contribution is 2.48. The molecule has 252 valence electrons. The van der Waals surface area contributed by atoms with Gasteiger partial charge in [-0.3, -0.25) is 14.5 Å². The summed E-state index contributed by atoms with van der Waals surface area (Å²) >= 11 is 6.31. The summed E-state index contributed by atoms with van der Waals surface area (Å²) in [6.45, 7) is 6.42. The summed E-state index contributed by atoms with van der Waals surface area (Å²) in [5.74, 6) is -0.604. The number of benzene rings is 4. The van der Waals surface area contributed by atoms with Gasteiger partial charge in [-0.05, 0) is 77.1 Å².